The lowest BCUT2D eigenvalue weighted by molar-refractivity contribution is 0.0302. The Kier molecular flexibility index (Phi) is 5.96. The molecule has 6 heterocycles. The van der Waals surface area contributed by atoms with Crippen LogP contribution in [0.3, 0.4) is 0 Å². The van der Waals surface area contributed by atoms with Gasteiger partial charge in [-0.2, -0.15) is 4.98 Å². The number of benzene rings is 1. The Labute approximate surface area is 234 Å². The number of piperidine rings is 1. The fourth-order valence-electron chi connectivity index (χ4n) is 6.23. The number of pyridine rings is 2. The fourth-order valence-corrected chi connectivity index (χ4v) is 6.23. The van der Waals surface area contributed by atoms with E-state index >= 15 is 4.39 Å². The number of hydrogen-bond donors (Lipinski definition) is 2. The first-order valence-electron chi connectivity index (χ1n) is 13.8. The molecule has 3 aliphatic rings. The molecule has 9 nitrogen and oxygen atoms in total. The van der Waals surface area contributed by atoms with E-state index in [2.05, 4.69) is 25.8 Å². The summed E-state index contributed by atoms with van der Waals surface area (Å²) in [6.45, 7) is 4.04. The lowest BCUT2D eigenvalue weighted by Gasteiger charge is -2.37. The maximum Gasteiger partial charge on any atom is 0.249 e. The van der Waals surface area contributed by atoms with Gasteiger partial charge in [0.1, 0.15) is 22.8 Å². The summed E-state index contributed by atoms with van der Waals surface area (Å²) in [6.07, 6.45) is 10.2. The second-order valence-electron chi connectivity index (χ2n) is 11.4. The van der Waals surface area contributed by atoms with Crippen LogP contribution in [0.2, 0.25) is 0 Å². The van der Waals surface area contributed by atoms with Gasteiger partial charge in [0.25, 0.3) is 0 Å². The van der Waals surface area contributed by atoms with Crippen molar-refractivity contribution >= 4 is 33.4 Å². The number of ether oxygens (including phenoxy) is 1. The molecule has 2 bridgehead atoms. The molecule has 2 atom stereocenters. The Bertz CT molecular complexity index is 1790. The predicted molar refractivity (Wildman–Crippen MR) is 151 cm³/mol. The summed E-state index contributed by atoms with van der Waals surface area (Å²) >= 11 is 0. The van der Waals surface area contributed by atoms with E-state index in [0.29, 0.717) is 61.6 Å². The first-order valence-corrected chi connectivity index (χ1v) is 13.8. The number of aromatic amines is 1. The van der Waals surface area contributed by atoms with E-state index in [1.54, 1.807) is 6.92 Å². The Morgan fingerprint density at radius 3 is 2.59 bits per heavy atom. The van der Waals surface area contributed by atoms with E-state index in [-0.39, 0.29) is 40.1 Å². The molecule has 4 aromatic rings. The van der Waals surface area contributed by atoms with Gasteiger partial charge in [-0.1, -0.05) is 12.0 Å². The molecule has 0 aliphatic carbocycles. The van der Waals surface area contributed by atoms with E-state index in [0.717, 1.165) is 12.8 Å². The van der Waals surface area contributed by atoms with Gasteiger partial charge in [0.15, 0.2) is 5.82 Å². The van der Waals surface area contributed by atoms with Crippen LogP contribution in [-0.2, 0) is 4.74 Å². The summed E-state index contributed by atoms with van der Waals surface area (Å²) in [5.74, 6) is 1.80. The van der Waals surface area contributed by atoms with Crippen LogP contribution in [0.1, 0.15) is 38.2 Å². The van der Waals surface area contributed by atoms with Crippen molar-refractivity contribution in [2.24, 2.45) is 0 Å². The minimum atomic E-state index is -0.786. The van der Waals surface area contributed by atoms with Gasteiger partial charge in [-0.3, -0.25) is 9.78 Å². The molecule has 0 radical (unpaired) electrons. The molecule has 2 N–H and O–H groups in total. The highest BCUT2D eigenvalue weighted by atomic mass is 19.1. The normalized spacial score (nSPS) is 21.9. The summed E-state index contributed by atoms with van der Waals surface area (Å²) in [5.41, 5.74) is -1.56. The monoisotopic (exact) mass is 558 g/mol. The lowest BCUT2D eigenvalue weighted by atomic mass is 9.94. The number of fused-ring (bicyclic) bond motifs is 4. The SMILES string of the molecule is C#Cc1c(F)ccc2cc(=O)[nH]c(-c3ncc4c(N5C[C@H]6CC[C@@H](C5)O6)nc(N5CCC(C)(O)CC5)nc4c3F)c12. The average molecular weight is 559 g/mol. The molecule has 3 fully saturated rings. The summed E-state index contributed by atoms with van der Waals surface area (Å²) in [4.78, 5) is 33.2. The largest absolute Gasteiger partial charge is 0.390 e. The summed E-state index contributed by atoms with van der Waals surface area (Å²) in [7, 11) is 0. The molecule has 11 heteroatoms. The molecule has 1 aromatic carbocycles. The smallest absolute Gasteiger partial charge is 0.249 e. The molecule has 41 heavy (non-hydrogen) atoms. The number of nitrogens with zero attached hydrogens (tertiary/aromatic N) is 5. The molecule has 0 saturated carbocycles. The Balaban J connectivity index is 1.44. The zero-order chi connectivity index (χ0) is 28.5. The van der Waals surface area contributed by atoms with Gasteiger partial charge in [-0.05, 0) is 44.1 Å². The summed E-state index contributed by atoms with van der Waals surface area (Å²) in [5, 5.41) is 11.5. The van der Waals surface area contributed by atoms with Crippen LogP contribution in [0.15, 0.2) is 29.2 Å². The second-order valence-corrected chi connectivity index (χ2v) is 11.4. The highest BCUT2D eigenvalue weighted by Gasteiger charge is 2.36. The molecular formula is C30H28F2N6O3. The summed E-state index contributed by atoms with van der Waals surface area (Å²) in [6, 6.07) is 3.90. The van der Waals surface area contributed by atoms with Crippen molar-refractivity contribution in [2.75, 3.05) is 36.0 Å². The average Bonchev–Trinajstić information content (AvgIpc) is 3.29. The first-order chi connectivity index (χ1) is 19.7. The highest BCUT2D eigenvalue weighted by Crippen LogP contribution is 2.37. The number of rotatable bonds is 3. The van der Waals surface area contributed by atoms with Crippen LogP contribution < -0.4 is 15.4 Å². The van der Waals surface area contributed by atoms with Gasteiger partial charge in [-0.25, -0.2) is 13.8 Å². The van der Waals surface area contributed by atoms with Crippen LogP contribution >= 0.6 is 0 Å². The molecule has 0 amide bonds. The van der Waals surface area contributed by atoms with Crippen molar-refractivity contribution in [1.82, 2.24) is 19.9 Å². The zero-order valence-corrected chi connectivity index (χ0v) is 22.5. The van der Waals surface area contributed by atoms with E-state index in [1.165, 1.54) is 24.4 Å². The highest BCUT2D eigenvalue weighted by molar-refractivity contribution is 6.00. The minimum absolute atomic E-state index is 0.0144. The third kappa shape index (κ3) is 4.38. The number of morpholine rings is 1. The first kappa shape index (κ1) is 25.8. The number of halogens is 2. The number of nitrogens with one attached hydrogen (secondary N) is 1. The third-order valence-electron chi connectivity index (χ3n) is 8.47. The zero-order valence-electron chi connectivity index (χ0n) is 22.5. The molecule has 0 unspecified atom stereocenters. The van der Waals surface area contributed by atoms with Crippen molar-refractivity contribution in [1.29, 1.82) is 0 Å². The van der Waals surface area contributed by atoms with Crippen molar-refractivity contribution in [3.8, 4) is 23.7 Å². The molecule has 0 spiro atoms. The Morgan fingerprint density at radius 2 is 1.88 bits per heavy atom. The number of aromatic nitrogens is 4. The van der Waals surface area contributed by atoms with Gasteiger partial charge >= 0.3 is 0 Å². The quantitative estimate of drug-likeness (QED) is 0.368. The minimum Gasteiger partial charge on any atom is -0.390 e. The number of H-pyrrole nitrogens is 1. The van der Waals surface area contributed by atoms with Crippen molar-refractivity contribution in [3.05, 3.63) is 51.9 Å². The lowest BCUT2D eigenvalue weighted by Crippen LogP contribution is -2.44. The molecular weight excluding hydrogens is 530 g/mol. The van der Waals surface area contributed by atoms with Crippen molar-refractivity contribution in [3.63, 3.8) is 0 Å². The number of anilines is 2. The van der Waals surface area contributed by atoms with Gasteiger partial charge in [0.2, 0.25) is 11.5 Å². The van der Waals surface area contributed by atoms with Crippen molar-refractivity contribution < 1.29 is 18.6 Å². The molecule has 3 saturated heterocycles. The van der Waals surface area contributed by atoms with Crippen LogP contribution in [0.4, 0.5) is 20.5 Å². The standard InChI is InChI=1S/C30H28F2N6O3/c1-3-19-21(31)7-4-16-12-22(39)34-26(23(16)19)27-24(32)25-20(13-33-27)28(38-14-17-5-6-18(15-38)41-17)36-29(35-25)37-10-8-30(2,40)9-11-37/h1,4,7,12-13,17-18,40H,5-6,8-11,14-15H2,2H3,(H,34,39)/t17-,18+. The molecule has 7 rings (SSSR count). The van der Waals surface area contributed by atoms with E-state index in [4.69, 9.17) is 16.1 Å². The predicted octanol–water partition coefficient (Wildman–Crippen LogP) is 3.51. The third-order valence-corrected chi connectivity index (χ3v) is 8.47. The summed E-state index contributed by atoms with van der Waals surface area (Å²) < 4.78 is 37.3. The van der Waals surface area contributed by atoms with E-state index in [1.807, 2.05) is 4.90 Å². The van der Waals surface area contributed by atoms with Crippen LogP contribution in [0.5, 0.6) is 0 Å². The van der Waals surface area contributed by atoms with E-state index < -0.39 is 22.8 Å². The van der Waals surface area contributed by atoms with E-state index in [9.17, 15) is 14.3 Å². The number of hydrogen-bond acceptors (Lipinski definition) is 8. The van der Waals surface area contributed by atoms with Crippen molar-refractivity contribution in [2.45, 2.75) is 50.4 Å². The van der Waals surface area contributed by atoms with Gasteiger partial charge < -0.3 is 24.6 Å². The number of aliphatic hydroxyl groups is 1. The maximum atomic E-state index is 16.6. The van der Waals surface area contributed by atoms with Gasteiger partial charge in [0, 0.05) is 43.8 Å². The van der Waals surface area contributed by atoms with Crippen LogP contribution in [-0.4, -0.2) is 69.0 Å². The second kappa shape index (κ2) is 9.46. The number of terminal acetylenes is 1. The molecule has 3 aromatic heterocycles. The topological polar surface area (TPSA) is 107 Å². The molecule has 3 aliphatic heterocycles. The Morgan fingerprint density at radius 1 is 1.15 bits per heavy atom. The fraction of sp³-hybridized carbons (Fsp3) is 0.400. The van der Waals surface area contributed by atoms with Crippen LogP contribution in [0, 0.1) is 24.0 Å². The van der Waals surface area contributed by atoms with Crippen LogP contribution in [0.25, 0.3) is 33.1 Å². The molecule has 210 valence electrons. The Hall–Kier alpha value is -4.14. The van der Waals surface area contributed by atoms with Gasteiger partial charge in [-0.15, -0.1) is 6.42 Å². The maximum absolute atomic E-state index is 16.6. The van der Waals surface area contributed by atoms with Gasteiger partial charge in [0.05, 0.1) is 34.5 Å².